The van der Waals surface area contributed by atoms with Crippen LogP contribution in [0.2, 0.25) is 0 Å². The first kappa shape index (κ1) is 21.4. The maximum absolute atomic E-state index is 13.2. The molecule has 0 radical (unpaired) electrons. The molecule has 2 aliphatic heterocycles. The molecule has 1 fully saturated rings. The van der Waals surface area contributed by atoms with Crippen molar-refractivity contribution in [3.63, 3.8) is 0 Å². The molecule has 33 heavy (non-hydrogen) atoms. The molecule has 1 atom stereocenters. The van der Waals surface area contributed by atoms with Crippen LogP contribution in [0.3, 0.4) is 0 Å². The van der Waals surface area contributed by atoms with Crippen LogP contribution in [0.5, 0.6) is 0 Å². The molecule has 3 aromatic rings. The number of rotatable bonds is 4. The number of aromatic amines is 1. The van der Waals surface area contributed by atoms with E-state index in [-0.39, 0.29) is 23.4 Å². The van der Waals surface area contributed by atoms with E-state index in [0.29, 0.717) is 37.1 Å². The first-order valence-electron chi connectivity index (χ1n) is 11.7. The van der Waals surface area contributed by atoms with E-state index in [1.54, 1.807) is 4.90 Å². The zero-order valence-electron chi connectivity index (χ0n) is 18.9. The lowest BCUT2D eigenvalue weighted by molar-refractivity contribution is -0.135. The molecule has 0 bridgehead atoms. The smallest absolute Gasteiger partial charge is 0.277 e. The van der Waals surface area contributed by atoms with E-state index in [4.69, 9.17) is 4.98 Å². The molecule has 4 heterocycles. The number of aryl methyl sites for hydroxylation is 1. The Morgan fingerprint density at radius 2 is 1.97 bits per heavy atom. The van der Waals surface area contributed by atoms with Crippen LogP contribution in [0, 0.1) is 0 Å². The minimum atomic E-state index is -0.162. The van der Waals surface area contributed by atoms with Gasteiger partial charge in [-0.25, -0.2) is 9.50 Å². The van der Waals surface area contributed by atoms with E-state index < -0.39 is 0 Å². The van der Waals surface area contributed by atoms with Crippen molar-refractivity contribution in [3.05, 3.63) is 69.3 Å². The average Bonchev–Trinajstić information content (AvgIpc) is 3.27. The highest BCUT2D eigenvalue weighted by molar-refractivity contribution is 5.77. The van der Waals surface area contributed by atoms with Crippen molar-refractivity contribution in [1.82, 2.24) is 24.4 Å². The van der Waals surface area contributed by atoms with Gasteiger partial charge in [-0.2, -0.15) is 0 Å². The summed E-state index contributed by atoms with van der Waals surface area (Å²) in [6.45, 7) is 3.11. The van der Waals surface area contributed by atoms with Crippen molar-refractivity contribution in [3.8, 4) is 0 Å². The Hall–Kier alpha value is -3.42. The molecule has 1 aromatic carbocycles. The molecule has 0 aliphatic carbocycles. The van der Waals surface area contributed by atoms with Gasteiger partial charge in [0.15, 0.2) is 5.65 Å². The monoisotopic (exact) mass is 447 g/mol. The highest BCUT2D eigenvalue weighted by Crippen LogP contribution is 2.31. The van der Waals surface area contributed by atoms with E-state index in [1.807, 2.05) is 41.3 Å². The van der Waals surface area contributed by atoms with Crippen LogP contribution >= 0.6 is 0 Å². The van der Waals surface area contributed by atoms with E-state index in [0.717, 1.165) is 49.2 Å². The van der Waals surface area contributed by atoms with Crippen molar-refractivity contribution < 1.29 is 9.59 Å². The van der Waals surface area contributed by atoms with Crippen molar-refractivity contribution >= 4 is 17.5 Å². The second-order valence-corrected chi connectivity index (χ2v) is 9.02. The maximum atomic E-state index is 13.2. The van der Waals surface area contributed by atoms with E-state index in [1.165, 1.54) is 11.4 Å². The number of likely N-dealkylation sites (tertiary alicyclic amines) is 1. The Bertz CT molecular complexity index is 1250. The number of fused-ring (bicyclic) bond motifs is 2. The quantitative estimate of drug-likeness (QED) is 0.666. The van der Waals surface area contributed by atoms with Gasteiger partial charge in [0.25, 0.3) is 5.56 Å². The van der Waals surface area contributed by atoms with Gasteiger partial charge in [-0.3, -0.25) is 19.5 Å². The zero-order chi connectivity index (χ0) is 22.9. The molecular formula is C25H29N5O3. The van der Waals surface area contributed by atoms with Crippen molar-refractivity contribution in [2.24, 2.45) is 0 Å². The summed E-state index contributed by atoms with van der Waals surface area (Å²) >= 11 is 0. The number of hydrogen-bond acceptors (Lipinski definition) is 4. The normalized spacial score (nSPS) is 18.4. The number of H-pyrrole nitrogens is 1. The van der Waals surface area contributed by atoms with Gasteiger partial charge < -0.3 is 9.80 Å². The number of hydrogen-bond donors (Lipinski definition) is 1. The molecule has 1 N–H and O–H groups in total. The van der Waals surface area contributed by atoms with Crippen LogP contribution in [0.4, 0.5) is 0 Å². The van der Waals surface area contributed by atoms with Crippen LogP contribution in [0.1, 0.15) is 61.2 Å². The summed E-state index contributed by atoms with van der Waals surface area (Å²) in [5.74, 6) is 0.100. The number of carbonyl (C=O) groups is 2. The van der Waals surface area contributed by atoms with Gasteiger partial charge in [-0.05, 0) is 31.2 Å². The third-order valence-electron chi connectivity index (χ3n) is 6.88. The van der Waals surface area contributed by atoms with E-state index in [2.05, 4.69) is 5.10 Å². The summed E-state index contributed by atoms with van der Waals surface area (Å²) in [4.78, 5) is 46.5. The van der Waals surface area contributed by atoms with Crippen LogP contribution < -0.4 is 5.56 Å². The third kappa shape index (κ3) is 4.17. The number of aromatic nitrogens is 3. The highest BCUT2D eigenvalue weighted by Gasteiger charge is 2.30. The maximum Gasteiger partial charge on any atom is 0.277 e. The lowest BCUT2D eigenvalue weighted by Gasteiger charge is -2.35. The molecule has 1 saturated heterocycles. The minimum absolute atomic E-state index is 0.0378. The molecule has 2 aliphatic rings. The van der Waals surface area contributed by atoms with Gasteiger partial charge in [-0.1, -0.05) is 30.3 Å². The first-order chi connectivity index (χ1) is 16.0. The Morgan fingerprint density at radius 1 is 1.15 bits per heavy atom. The number of carbonyl (C=O) groups excluding carboxylic acids is 2. The summed E-state index contributed by atoms with van der Waals surface area (Å²) < 4.78 is 1.47. The van der Waals surface area contributed by atoms with Gasteiger partial charge in [0.1, 0.15) is 0 Å². The molecule has 8 nitrogen and oxygen atoms in total. The van der Waals surface area contributed by atoms with Crippen LogP contribution in [-0.2, 0) is 29.0 Å². The molecule has 2 amide bonds. The summed E-state index contributed by atoms with van der Waals surface area (Å²) in [5.41, 5.74) is 3.76. The largest absolute Gasteiger partial charge is 0.338 e. The summed E-state index contributed by atoms with van der Waals surface area (Å²) in [6.07, 6.45) is 4.64. The van der Waals surface area contributed by atoms with Crippen LogP contribution in [0.15, 0.2) is 41.2 Å². The van der Waals surface area contributed by atoms with Crippen LogP contribution in [0.25, 0.3) is 5.65 Å². The van der Waals surface area contributed by atoms with Gasteiger partial charge in [0, 0.05) is 38.9 Å². The molecule has 0 spiro atoms. The van der Waals surface area contributed by atoms with Gasteiger partial charge >= 0.3 is 0 Å². The van der Waals surface area contributed by atoms with Crippen LogP contribution in [-0.4, -0.2) is 49.3 Å². The van der Waals surface area contributed by atoms with Gasteiger partial charge in [0.2, 0.25) is 11.8 Å². The summed E-state index contributed by atoms with van der Waals surface area (Å²) in [6, 6.07) is 11.9. The highest BCUT2D eigenvalue weighted by atomic mass is 16.2. The molecule has 0 unspecified atom stereocenters. The molecule has 2 aromatic heterocycles. The van der Waals surface area contributed by atoms with Crippen molar-refractivity contribution in [1.29, 1.82) is 0 Å². The Labute approximate surface area is 192 Å². The molecule has 0 saturated carbocycles. The minimum Gasteiger partial charge on any atom is -0.338 e. The van der Waals surface area contributed by atoms with Gasteiger partial charge in [-0.15, -0.1) is 0 Å². The lowest BCUT2D eigenvalue weighted by atomic mass is 9.98. The van der Waals surface area contributed by atoms with Crippen molar-refractivity contribution in [2.75, 3.05) is 13.1 Å². The fraction of sp³-hybridized carbons (Fsp3) is 0.440. The Balaban J connectivity index is 1.41. The van der Waals surface area contributed by atoms with Crippen molar-refractivity contribution in [2.45, 2.75) is 58.0 Å². The van der Waals surface area contributed by atoms with E-state index in [9.17, 15) is 14.4 Å². The molecule has 172 valence electrons. The SMILES string of the molecule is CC(=O)N1CCc2nc3cc([C@H]4CCCCN4C(=O)CCc4ccccc4)[nH]n3c(=O)c2C1. The molecule has 8 heteroatoms. The average molecular weight is 448 g/mol. The number of nitrogens with zero attached hydrogens (tertiary/aromatic N) is 4. The second-order valence-electron chi connectivity index (χ2n) is 9.02. The van der Waals surface area contributed by atoms with E-state index >= 15 is 0 Å². The lowest BCUT2D eigenvalue weighted by Crippen LogP contribution is -2.39. The number of amides is 2. The topological polar surface area (TPSA) is 90.8 Å². The predicted octanol–water partition coefficient (Wildman–Crippen LogP) is 2.61. The number of nitrogens with one attached hydrogen (secondary N) is 1. The first-order valence-corrected chi connectivity index (χ1v) is 11.7. The van der Waals surface area contributed by atoms with Gasteiger partial charge in [0.05, 0.1) is 29.5 Å². The standard InChI is InChI=1S/C25H29N5O3/c1-17(31)28-14-12-20-19(16-28)25(33)30-23(26-20)15-21(27-30)22-9-5-6-13-29(22)24(32)11-10-18-7-3-2-4-8-18/h2-4,7-8,15,22,27H,5-6,9-14,16H2,1H3/t22-/m1/s1. The Morgan fingerprint density at radius 3 is 2.76 bits per heavy atom. The predicted molar refractivity (Wildman–Crippen MR) is 124 cm³/mol. The molecular weight excluding hydrogens is 418 g/mol. The Kier molecular flexibility index (Phi) is 5.74. The third-order valence-corrected chi connectivity index (χ3v) is 6.88. The fourth-order valence-electron chi connectivity index (χ4n) is 5.03. The molecule has 5 rings (SSSR count). The number of benzene rings is 1. The number of piperidine rings is 1. The summed E-state index contributed by atoms with van der Waals surface area (Å²) in [5, 5.41) is 3.23. The summed E-state index contributed by atoms with van der Waals surface area (Å²) in [7, 11) is 0. The fourth-order valence-corrected chi connectivity index (χ4v) is 5.03. The zero-order valence-corrected chi connectivity index (χ0v) is 18.9. The second kappa shape index (κ2) is 8.84.